The molecule has 0 aliphatic heterocycles. The molecular formula is C12H14O4. The highest BCUT2D eigenvalue weighted by Gasteiger charge is 2.14. The summed E-state index contributed by atoms with van der Waals surface area (Å²) in [6.07, 6.45) is 1.46. The number of hydrogen-bond acceptors (Lipinski definition) is 4. The SMILES string of the molecule is C=CCOC(=O)c1cccc(CO)c1CO. The quantitative estimate of drug-likeness (QED) is 0.576. The largest absolute Gasteiger partial charge is 0.458 e. The van der Waals surface area contributed by atoms with Gasteiger partial charge in [-0.2, -0.15) is 0 Å². The first kappa shape index (κ1) is 12.4. The number of benzene rings is 1. The average molecular weight is 222 g/mol. The van der Waals surface area contributed by atoms with Gasteiger partial charge < -0.3 is 14.9 Å². The van der Waals surface area contributed by atoms with Crippen molar-refractivity contribution in [2.75, 3.05) is 6.61 Å². The van der Waals surface area contributed by atoms with Crippen LogP contribution >= 0.6 is 0 Å². The number of aliphatic hydroxyl groups excluding tert-OH is 2. The van der Waals surface area contributed by atoms with Crippen molar-refractivity contribution in [2.24, 2.45) is 0 Å². The number of aliphatic hydroxyl groups is 2. The molecule has 0 aliphatic rings. The Morgan fingerprint density at radius 2 is 2.12 bits per heavy atom. The number of rotatable bonds is 5. The minimum Gasteiger partial charge on any atom is -0.458 e. The molecule has 0 heterocycles. The Hall–Kier alpha value is -1.65. The Balaban J connectivity index is 3.02. The third-order valence-electron chi connectivity index (χ3n) is 2.15. The molecule has 0 aromatic heterocycles. The third kappa shape index (κ3) is 2.68. The van der Waals surface area contributed by atoms with Crippen molar-refractivity contribution < 1.29 is 19.7 Å². The molecule has 0 saturated carbocycles. The van der Waals surface area contributed by atoms with E-state index in [1.54, 1.807) is 18.2 Å². The molecule has 0 amide bonds. The van der Waals surface area contributed by atoms with E-state index in [1.807, 2.05) is 0 Å². The number of esters is 1. The second kappa shape index (κ2) is 6.05. The normalized spacial score (nSPS) is 9.88. The first-order valence-corrected chi connectivity index (χ1v) is 4.85. The van der Waals surface area contributed by atoms with Crippen LogP contribution in [0.5, 0.6) is 0 Å². The highest BCUT2D eigenvalue weighted by atomic mass is 16.5. The first-order chi connectivity index (χ1) is 7.74. The van der Waals surface area contributed by atoms with Crippen molar-refractivity contribution >= 4 is 5.97 Å². The van der Waals surface area contributed by atoms with E-state index in [9.17, 15) is 4.79 Å². The molecule has 0 atom stereocenters. The highest BCUT2D eigenvalue weighted by molar-refractivity contribution is 5.91. The lowest BCUT2D eigenvalue weighted by Crippen LogP contribution is -2.10. The Labute approximate surface area is 93.8 Å². The van der Waals surface area contributed by atoms with Crippen LogP contribution < -0.4 is 0 Å². The predicted octanol–water partition coefficient (Wildman–Crippen LogP) is 1.01. The van der Waals surface area contributed by atoms with Gasteiger partial charge in [-0.1, -0.05) is 24.8 Å². The number of ether oxygens (including phenoxy) is 1. The third-order valence-corrected chi connectivity index (χ3v) is 2.15. The summed E-state index contributed by atoms with van der Waals surface area (Å²) in [6, 6.07) is 4.83. The molecule has 1 aromatic rings. The molecule has 4 nitrogen and oxygen atoms in total. The van der Waals surface area contributed by atoms with Gasteiger partial charge in [0.15, 0.2) is 0 Å². The van der Waals surface area contributed by atoms with Crippen LogP contribution in [0, 0.1) is 0 Å². The standard InChI is InChI=1S/C12H14O4/c1-2-6-16-12(15)10-5-3-4-9(7-13)11(10)8-14/h2-5,13-14H,1,6-8H2. The number of carbonyl (C=O) groups is 1. The smallest absolute Gasteiger partial charge is 0.338 e. The summed E-state index contributed by atoms with van der Waals surface area (Å²) in [5.41, 5.74) is 1.20. The van der Waals surface area contributed by atoms with Gasteiger partial charge in [-0.15, -0.1) is 0 Å². The molecule has 4 heteroatoms. The first-order valence-electron chi connectivity index (χ1n) is 4.85. The fraction of sp³-hybridized carbons (Fsp3) is 0.250. The summed E-state index contributed by atoms with van der Waals surface area (Å²) in [7, 11) is 0. The van der Waals surface area contributed by atoms with Crippen LogP contribution in [0.1, 0.15) is 21.5 Å². The van der Waals surface area contributed by atoms with Crippen molar-refractivity contribution in [1.82, 2.24) is 0 Å². The second-order valence-corrected chi connectivity index (χ2v) is 3.15. The molecule has 86 valence electrons. The Morgan fingerprint density at radius 1 is 1.38 bits per heavy atom. The van der Waals surface area contributed by atoms with E-state index in [4.69, 9.17) is 14.9 Å². The molecule has 0 spiro atoms. The maximum Gasteiger partial charge on any atom is 0.338 e. The lowest BCUT2D eigenvalue weighted by atomic mass is 10.0. The molecule has 0 radical (unpaired) electrons. The van der Waals surface area contributed by atoms with E-state index in [2.05, 4.69) is 6.58 Å². The van der Waals surface area contributed by atoms with E-state index in [-0.39, 0.29) is 25.4 Å². The fourth-order valence-electron chi connectivity index (χ4n) is 1.37. The topological polar surface area (TPSA) is 66.8 Å². The minimum absolute atomic E-state index is 0.118. The molecular weight excluding hydrogens is 208 g/mol. The van der Waals surface area contributed by atoms with E-state index in [0.717, 1.165) is 0 Å². The minimum atomic E-state index is -0.528. The fourth-order valence-corrected chi connectivity index (χ4v) is 1.37. The van der Waals surface area contributed by atoms with E-state index in [0.29, 0.717) is 11.1 Å². The summed E-state index contributed by atoms with van der Waals surface area (Å²) in [5, 5.41) is 18.2. The van der Waals surface area contributed by atoms with Gasteiger partial charge in [0.05, 0.1) is 18.8 Å². The Morgan fingerprint density at radius 3 is 2.69 bits per heavy atom. The van der Waals surface area contributed by atoms with Crippen LogP contribution in [0.2, 0.25) is 0 Å². The van der Waals surface area contributed by atoms with Gasteiger partial charge in [-0.05, 0) is 17.2 Å². The van der Waals surface area contributed by atoms with Gasteiger partial charge in [-0.3, -0.25) is 0 Å². The molecule has 0 bridgehead atoms. The van der Waals surface area contributed by atoms with Gasteiger partial charge in [0.1, 0.15) is 6.61 Å². The van der Waals surface area contributed by atoms with E-state index >= 15 is 0 Å². The zero-order valence-corrected chi connectivity index (χ0v) is 8.85. The molecule has 1 aromatic carbocycles. The van der Waals surface area contributed by atoms with Gasteiger partial charge in [0.25, 0.3) is 0 Å². The zero-order valence-electron chi connectivity index (χ0n) is 8.85. The molecule has 0 aliphatic carbocycles. The van der Waals surface area contributed by atoms with Crippen molar-refractivity contribution in [2.45, 2.75) is 13.2 Å². The summed E-state index contributed by atoms with van der Waals surface area (Å²) in [4.78, 5) is 11.6. The summed E-state index contributed by atoms with van der Waals surface area (Å²) < 4.78 is 4.87. The monoisotopic (exact) mass is 222 g/mol. The number of carbonyl (C=O) groups excluding carboxylic acids is 1. The molecule has 1 rings (SSSR count). The summed E-state index contributed by atoms with van der Waals surface area (Å²) in [5.74, 6) is -0.528. The highest BCUT2D eigenvalue weighted by Crippen LogP contribution is 2.16. The van der Waals surface area contributed by atoms with Crippen molar-refractivity contribution in [1.29, 1.82) is 0 Å². The van der Waals surface area contributed by atoms with Crippen LogP contribution in [0.3, 0.4) is 0 Å². The molecule has 16 heavy (non-hydrogen) atoms. The zero-order chi connectivity index (χ0) is 12.0. The van der Waals surface area contributed by atoms with Crippen LogP contribution in [0.15, 0.2) is 30.9 Å². The number of hydrogen-bond donors (Lipinski definition) is 2. The Bertz CT molecular complexity index is 385. The van der Waals surface area contributed by atoms with Crippen molar-refractivity contribution in [3.63, 3.8) is 0 Å². The summed E-state index contributed by atoms with van der Waals surface area (Å²) >= 11 is 0. The average Bonchev–Trinajstić information content (AvgIpc) is 2.34. The van der Waals surface area contributed by atoms with Crippen LogP contribution in [0.25, 0.3) is 0 Å². The maximum absolute atomic E-state index is 11.6. The van der Waals surface area contributed by atoms with Crippen LogP contribution in [0.4, 0.5) is 0 Å². The maximum atomic E-state index is 11.6. The van der Waals surface area contributed by atoms with Crippen LogP contribution in [-0.2, 0) is 18.0 Å². The Kier molecular flexibility index (Phi) is 4.69. The van der Waals surface area contributed by atoms with Gasteiger partial charge in [0, 0.05) is 0 Å². The molecule has 2 N–H and O–H groups in total. The van der Waals surface area contributed by atoms with Crippen LogP contribution in [-0.4, -0.2) is 22.8 Å². The van der Waals surface area contributed by atoms with Gasteiger partial charge in [0.2, 0.25) is 0 Å². The van der Waals surface area contributed by atoms with Crippen molar-refractivity contribution in [3.05, 3.63) is 47.5 Å². The lowest BCUT2D eigenvalue weighted by Gasteiger charge is -2.10. The van der Waals surface area contributed by atoms with Crippen molar-refractivity contribution in [3.8, 4) is 0 Å². The van der Waals surface area contributed by atoms with Gasteiger partial charge in [-0.25, -0.2) is 4.79 Å². The molecule has 0 unspecified atom stereocenters. The predicted molar refractivity (Wildman–Crippen MR) is 58.8 cm³/mol. The second-order valence-electron chi connectivity index (χ2n) is 3.15. The lowest BCUT2D eigenvalue weighted by molar-refractivity contribution is 0.0546. The summed E-state index contributed by atoms with van der Waals surface area (Å²) in [6.45, 7) is 3.02. The van der Waals surface area contributed by atoms with E-state index in [1.165, 1.54) is 6.08 Å². The molecule has 0 fully saturated rings. The van der Waals surface area contributed by atoms with Gasteiger partial charge >= 0.3 is 5.97 Å². The molecule has 0 saturated heterocycles. The van der Waals surface area contributed by atoms with E-state index < -0.39 is 5.97 Å².